The van der Waals surface area contributed by atoms with Crippen LogP contribution < -0.4 is 0 Å². The lowest BCUT2D eigenvalue weighted by Crippen LogP contribution is -2.37. The van der Waals surface area contributed by atoms with Crippen molar-refractivity contribution in [1.82, 2.24) is 0 Å². The van der Waals surface area contributed by atoms with Crippen LogP contribution >= 0.6 is 7.82 Å². The topological polar surface area (TPSA) is 108 Å². The molecule has 0 fully saturated rings. The average molecular weight is 1250 g/mol. The summed E-state index contributed by atoms with van der Waals surface area (Å²) in [6.45, 7) is 4.23. The number of ether oxygens (including phenoxy) is 2. The van der Waals surface area contributed by atoms with Gasteiger partial charge in [-0.2, -0.15) is 0 Å². The summed E-state index contributed by atoms with van der Waals surface area (Å²) in [6.07, 6.45) is 97.4. The molecule has 0 aromatic carbocycles. The van der Waals surface area contributed by atoms with Gasteiger partial charge in [-0.1, -0.05) is 315 Å². The molecule has 0 heterocycles. The van der Waals surface area contributed by atoms with E-state index in [1.807, 2.05) is 21.1 Å². The van der Waals surface area contributed by atoms with Gasteiger partial charge < -0.3 is 18.9 Å². The number of carbonyl (C=O) groups is 2. The maximum absolute atomic E-state index is 12.9. The molecule has 0 aromatic heterocycles. The zero-order chi connectivity index (χ0) is 64.1. The molecule has 0 aliphatic heterocycles. The van der Waals surface area contributed by atoms with Gasteiger partial charge in [0, 0.05) is 12.8 Å². The Bertz CT molecular complexity index is 1900. The first kappa shape index (κ1) is 84.4. The van der Waals surface area contributed by atoms with Gasteiger partial charge in [-0.25, -0.2) is 4.57 Å². The molecule has 0 bridgehead atoms. The number of phosphoric ester groups is 1. The highest BCUT2D eigenvalue weighted by atomic mass is 31.2. The van der Waals surface area contributed by atoms with E-state index in [1.54, 1.807) is 0 Å². The molecule has 0 aromatic rings. The summed E-state index contributed by atoms with van der Waals surface area (Å²) in [5, 5.41) is 0. The van der Waals surface area contributed by atoms with Crippen molar-refractivity contribution >= 4 is 19.8 Å². The van der Waals surface area contributed by atoms with Crippen molar-refractivity contribution in [3.8, 4) is 0 Å². The molecule has 0 aliphatic rings. The fourth-order valence-electron chi connectivity index (χ4n) is 10.0. The summed E-state index contributed by atoms with van der Waals surface area (Å²) >= 11 is 0. The molecule has 0 amide bonds. The lowest BCUT2D eigenvalue weighted by molar-refractivity contribution is -0.870. The van der Waals surface area contributed by atoms with Crippen molar-refractivity contribution in [1.29, 1.82) is 0 Å². The van der Waals surface area contributed by atoms with E-state index in [2.05, 4.69) is 135 Å². The highest BCUT2D eigenvalue weighted by molar-refractivity contribution is 7.47. The molecule has 506 valence electrons. The standard InChI is InChI=1S/C78H136NO8P/c1-6-8-10-12-14-16-18-20-22-24-26-28-30-32-34-36-37-38-39-40-41-43-45-47-49-51-53-55-57-59-61-63-65-67-69-71-78(81)87-76(75-86-88(82,83)85-73-72-79(3,4)5)74-84-77(80)70-68-66-64-62-60-58-56-54-52-50-48-46-44-42-35-33-31-29-27-25-23-21-19-17-15-13-11-9-7-2/h8-11,14-17,20-23,26-29,32-35,76H,6-7,12-13,18-19,24-25,30-31,36-75H2,1-5H3/p+1/b10-8-,11-9-,16-14-,17-15-,22-20-,23-21-,28-26-,29-27-,34-32-,35-33-. The van der Waals surface area contributed by atoms with Gasteiger partial charge in [0.05, 0.1) is 27.7 Å². The minimum absolute atomic E-state index is 0.0286. The van der Waals surface area contributed by atoms with Crippen molar-refractivity contribution in [2.24, 2.45) is 0 Å². The summed E-state index contributed by atoms with van der Waals surface area (Å²) in [5.41, 5.74) is 0. The van der Waals surface area contributed by atoms with Crippen molar-refractivity contribution < 1.29 is 42.1 Å². The zero-order valence-electron chi connectivity index (χ0n) is 57.7. The van der Waals surface area contributed by atoms with E-state index in [0.717, 1.165) is 96.3 Å². The van der Waals surface area contributed by atoms with Crippen LogP contribution in [0, 0.1) is 0 Å². The minimum Gasteiger partial charge on any atom is -0.462 e. The maximum Gasteiger partial charge on any atom is 0.472 e. The van der Waals surface area contributed by atoms with Crippen LogP contribution in [0.15, 0.2) is 122 Å². The Labute approximate surface area is 543 Å². The highest BCUT2D eigenvalue weighted by Gasteiger charge is 2.27. The first-order chi connectivity index (χ1) is 43.0. The van der Waals surface area contributed by atoms with Crippen LogP contribution in [0.5, 0.6) is 0 Å². The smallest absolute Gasteiger partial charge is 0.462 e. The molecule has 1 N–H and O–H groups in total. The van der Waals surface area contributed by atoms with Crippen molar-refractivity contribution in [3.63, 3.8) is 0 Å². The molecular weight excluding hydrogens is 1110 g/mol. The molecule has 0 saturated carbocycles. The number of rotatable bonds is 66. The Balaban J connectivity index is 4.02. The largest absolute Gasteiger partial charge is 0.472 e. The lowest BCUT2D eigenvalue weighted by atomic mass is 10.0. The molecule has 88 heavy (non-hydrogen) atoms. The van der Waals surface area contributed by atoms with E-state index in [0.29, 0.717) is 17.4 Å². The third-order valence-corrected chi connectivity index (χ3v) is 16.5. The summed E-state index contributed by atoms with van der Waals surface area (Å²) < 4.78 is 34.8. The molecule has 0 rings (SSSR count). The number of likely N-dealkylation sites (N-methyl/N-ethyl adjacent to an activating group) is 1. The van der Waals surface area contributed by atoms with Crippen LogP contribution in [0.3, 0.4) is 0 Å². The lowest BCUT2D eigenvalue weighted by Gasteiger charge is -2.24. The first-order valence-electron chi connectivity index (χ1n) is 36.3. The maximum atomic E-state index is 12.9. The molecule has 0 radical (unpaired) electrons. The number of phosphoric acid groups is 1. The summed E-state index contributed by atoms with van der Waals surface area (Å²) in [5.74, 6) is -0.792. The number of unbranched alkanes of at least 4 members (excludes halogenated alkanes) is 32. The van der Waals surface area contributed by atoms with Crippen LogP contribution in [0.1, 0.15) is 309 Å². The molecule has 2 unspecified atom stereocenters. The summed E-state index contributed by atoms with van der Waals surface area (Å²) in [6, 6.07) is 0. The van der Waals surface area contributed by atoms with E-state index in [-0.39, 0.29) is 32.0 Å². The van der Waals surface area contributed by atoms with Crippen LogP contribution in [0.4, 0.5) is 0 Å². The number of carbonyl (C=O) groups excluding carboxylic acids is 2. The van der Waals surface area contributed by atoms with Gasteiger partial charge in [-0.3, -0.25) is 18.6 Å². The van der Waals surface area contributed by atoms with Gasteiger partial charge in [0.25, 0.3) is 0 Å². The zero-order valence-corrected chi connectivity index (χ0v) is 58.6. The second-order valence-corrected chi connectivity index (χ2v) is 26.7. The van der Waals surface area contributed by atoms with Crippen LogP contribution in [-0.2, 0) is 32.7 Å². The van der Waals surface area contributed by atoms with E-state index in [4.69, 9.17) is 18.5 Å². The molecule has 2 atom stereocenters. The normalized spacial score (nSPS) is 13.8. The Hall–Kier alpha value is -3.59. The molecule has 0 aliphatic carbocycles. The van der Waals surface area contributed by atoms with E-state index in [9.17, 15) is 19.0 Å². The predicted octanol–water partition coefficient (Wildman–Crippen LogP) is 23.8. The third kappa shape index (κ3) is 71.5. The third-order valence-electron chi connectivity index (χ3n) is 15.5. The van der Waals surface area contributed by atoms with Gasteiger partial charge in [0.1, 0.15) is 19.8 Å². The first-order valence-corrected chi connectivity index (χ1v) is 37.8. The van der Waals surface area contributed by atoms with Gasteiger partial charge >= 0.3 is 19.8 Å². The molecule has 0 spiro atoms. The van der Waals surface area contributed by atoms with Crippen LogP contribution in [0.2, 0.25) is 0 Å². The van der Waals surface area contributed by atoms with Gasteiger partial charge in [-0.05, 0) is 103 Å². The van der Waals surface area contributed by atoms with E-state index >= 15 is 0 Å². The molecular formula is C78H137NO8P+. The molecule has 9 nitrogen and oxygen atoms in total. The quantitative estimate of drug-likeness (QED) is 0.0211. The van der Waals surface area contributed by atoms with E-state index in [1.165, 1.54) is 180 Å². The second kappa shape index (κ2) is 67.8. The Morgan fingerprint density at radius 3 is 0.909 bits per heavy atom. The Morgan fingerprint density at radius 2 is 0.614 bits per heavy atom. The Kier molecular flexibility index (Phi) is 65.0. The fourth-order valence-corrected chi connectivity index (χ4v) is 10.8. The number of hydrogen-bond donors (Lipinski definition) is 1. The minimum atomic E-state index is -4.40. The van der Waals surface area contributed by atoms with Gasteiger partial charge in [0.15, 0.2) is 6.10 Å². The number of esters is 2. The summed E-state index contributed by atoms with van der Waals surface area (Å²) in [7, 11) is 1.48. The summed E-state index contributed by atoms with van der Waals surface area (Å²) in [4.78, 5) is 35.9. The van der Waals surface area contributed by atoms with Gasteiger partial charge in [-0.15, -0.1) is 0 Å². The van der Waals surface area contributed by atoms with E-state index < -0.39 is 26.5 Å². The number of quaternary nitrogens is 1. The van der Waals surface area contributed by atoms with Gasteiger partial charge in [0.2, 0.25) is 0 Å². The highest BCUT2D eigenvalue weighted by Crippen LogP contribution is 2.43. The monoisotopic (exact) mass is 1250 g/mol. The average Bonchev–Trinajstić information content (AvgIpc) is 3.57. The molecule has 10 heteroatoms. The molecule has 0 saturated heterocycles. The predicted molar refractivity (Wildman–Crippen MR) is 381 cm³/mol. The van der Waals surface area contributed by atoms with Crippen LogP contribution in [-0.4, -0.2) is 74.9 Å². The van der Waals surface area contributed by atoms with Crippen molar-refractivity contribution in [2.75, 3.05) is 47.5 Å². The number of allylic oxidation sites excluding steroid dienone is 20. The fraction of sp³-hybridized carbons (Fsp3) is 0.718. The van der Waals surface area contributed by atoms with Crippen molar-refractivity contribution in [3.05, 3.63) is 122 Å². The van der Waals surface area contributed by atoms with Crippen molar-refractivity contribution in [2.45, 2.75) is 315 Å². The second-order valence-electron chi connectivity index (χ2n) is 25.2. The number of nitrogens with zero attached hydrogens (tertiary/aromatic N) is 1. The Morgan fingerprint density at radius 1 is 0.352 bits per heavy atom. The SMILES string of the molecule is CC/C=C\C/C=C\C/C=C\C/C=C\C/C=C\CCCCCCCCCCCCCCCCCCCCCC(=O)OC(COC(=O)CCCCCCCCCCCCCCC/C=C\C/C=C\C/C=C\C/C=C\C/C=C\CC)COP(=O)(O)OCC[N+](C)(C)C. The number of hydrogen-bond acceptors (Lipinski definition) is 7. The van der Waals surface area contributed by atoms with Crippen LogP contribution in [0.25, 0.3) is 0 Å².